The Balaban J connectivity index is 1.10. The van der Waals surface area contributed by atoms with Gasteiger partial charge in [-0.3, -0.25) is 0 Å². The van der Waals surface area contributed by atoms with Crippen LogP contribution in [0.3, 0.4) is 0 Å². The first-order chi connectivity index (χ1) is 28.8. The third-order valence-corrected chi connectivity index (χ3v) is 12.0. The molecule has 0 saturated heterocycles. The quantitative estimate of drug-likeness (QED) is 0.133. The van der Waals surface area contributed by atoms with Crippen LogP contribution in [-0.2, 0) is 0 Å². The van der Waals surface area contributed by atoms with E-state index in [1.54, 1.807) is 0 Å². The zero-order valence-electron chi connectivity index (χ0n) is 31.5. The van der Waals surface area contributed by atoms with Gasteiger partial charge in [-0.05, 0) is 84.9 Å². The number of rotatable bonds is 4. The molecule has 2 aromatic heterocycles. The molecule has 58 heavy (non-hydrogen) atoms. The van der Waals surface area contributed by atoms with Crippen LogP contribution in [0.2, 0.25) is 0 Å². The minimum Gasteiger partial charge on any atom is -0.247 e. The zero-order chi connectivity index (χ0) is 38.2. The lowest BCUT2D eigenvalue weighted by Crippen LogP contribution is -1.94. The zero-order valence-corrected chi connectivity index (χ0v) is 31.5. The molecule has 0 aliphatic rings. The second-order valence-corrected chi connectivity index (χ2v) is 15.2. The molecular formula is C56H34N2. The van der Waals surface area contributed by atoms with E-state index in [-0.39, 0.29) is 0 Å². The van der Waals surface area contributed by atoms with Gasteiger partial charge >= 0.3 is 0 Å². The molecule has 0 bridgehead atoms. The summed E-state index contributed by atoms with van der Waals surface area (Å²) < 4.78 is 0. The SMILES string of the molecule is c1ccc(-c2nc3ccccc3c3c2cc(-c2ccc(-c4cc5c(-c6ccccc6)nc6cc7ccccc7cc6c5c5ccccc45)cc2)c2ccccc23)cc1. The summed E-state index contributed by atoms with van der Waals surface area (Å²) in [4.78, 5) is 10.7. The maximum Gasteiger partial charge on any atom is 0.0788 e. The van der Waals surface area contributed by atoms with Gasteiger partial charge in [0.25, 0.3) is 0 Å². The fraction of sp³-hybridized carbons (Fsp3) is 0. The van der Waals surface area contributed by atoms with Gasteiger partial charge in [0, 0.05) is 43.4 Å². The summed E-state index contributed by atoms with van der Waals surface area (Å²) in [6.07, 6.45) is 0. The molecule has 2 nitrogen and oxygen atoms in total. The van der Waals surface area contributed by atoms with Crippen molar-refractivity contribution in [3.05, 3.63) is 206 Å². The Morgan fingerprint density at radius 2 is 0.655 bits per heavy atom. The molecular weight excluding hydrogens is 701 g/mol. The molecule has 0 N–H and O–H groups in total. The Kier molecular flexibility index (Phi) is 7.26. The molecule has 0 aliphatic carbocycles. The average Bonchev–Trinajstić information content (AvgIpc) is 3.30. The van der Waals surface area contributed by atoms with Gasteiger partial charge in [-0.2, -0.15) is 0 Å². The highest BCUT2D eigenvalue weighted by atomic mass is 14.7. The van der Waals surface area contributed by atoms with Crippen LogP contribution in [0.5, 0.6) is 0 Å². The Labute approximate surface area is 335 Å². The van der Waals surface area contributed by atoms with Crippen molar-refractivity contribution in [2.75, 3.05) is 0 Å². The van der Waals surface area contributed by atoms with Gasteiger partial charge in [-0.25, -0.2) is 9.97 Å². The number of pyridine rings is 2. The number of benzene rings is 10. The van der Waals surface area contributed by atoms with Gasteiger partial charge in [-0.1, -0.05) is 176 Å². The topological polar surface area (TPSA) is 25.8 Å². The molecule has 268 valence electrons. The Morgan fingerprint density at radius 1 is 0.241 bits per heavy atom. The fourth-order valence-corrected chi connectivity index (χ4v) is 9.31. The summed E-state index contributed by atoms with van der Waals surface area (Å²) in [6, 6.07) is 74.5. The summed E-state index contributed by atoms with van der Waals surface area (Å²) in [7, 11) is 0. The van der Waals surface area contributed by atoms with Crippen LogP contribution in [0, 0.1) is 0 Å². The molecule has 0 fully saturated rings. The lowest BCUT2D eigenvalue weighted by atomic mass is 9.88. The van der Waals surface area contributed by atoms with Gasteiger partial charge < -0.3 is 0 Å². The minimum atomic E-state index is 1.000. The second-order valence-electron chi connectivity index (χ2n) is 15.2. The van der Waals surface area contributed by atoms with Crippen LogP contribution >= 0.6 is 0 Å². The van der Waals surface area contributed by atoms with Crippen molar-refractivity contribution in [2.24, 2.45) is 0 Å². The normalized spacial score (nSPS) is 11.8. The highest BCUT2D eigenvalue weighted by Crippen LogP contribution is 2.45. The van der Waals surface area contributed by atoms with Crippen LogP contribution in [0.1, 0.15) is 0 Å². The molecule has 10 aromatic carbocycles. The lowest BCUT2D eigenvalue weighted by molar-refractivity contribution is 1.43. The van der Waals surface area contributed by atoms with Gasteiger partial charge in [0.05, 0.1) is 22.4 Å². The summed E-state index contributed by atoms with van der Waals surface area (Å²) in [5.41, 5.74) is 11.0. The van der Waals surface area contributed by atoms with E-state index in [1.165, 1.54) is 76.1 Å². The number of aromatic nitrogens is 2. The van der Waals surface area contributed by atoms with Crippen LogP contribution in [0.4, 0.5) is 0 Å². The number of hydrogen-bond acceptors (Lipinski definition) is 2. The number of hydrogen-bond donors (Lipinski definition) is 0. The molecule has 2 heteroatoms. The van der Waals surface area contributed by atoms with Crippen molar-refractivity contribution in [2.45, 2.75) is 0 Å². The van der Waals surface area contributed by atoms with E-state index in [4.69, 9.17) is 9.97 Å². The smallest absolute Gasteiger partial charge is 0.0788 e. The predicted octanol–water partition coefficient (Wildman–Crippen LogP) is 15.2. The van der Waals surface area contributed by atoms with Gasteiger partial charge in [-0.15, -0.1) is 0 Å². The van der Waals surface area contributed by atoms with Crippen molar-refractivity contribution < 1.29 is 0 Å². The molecule has 0 radical (unpaired) electrons. The van der Waals surface area contributed by atoms with E-state index in [0.29, 0.717) is 0 Å². The van der Waals surface area contributed by atoms with E-state index in [2.05, 4.69) is 206 Å². The van der Waals surface area contributed by atoms with Crippen molar-refractivity contribution in [1.29, 1.82) is 0 Å². The standard InChI is InChI=1S/C56H34N2/c1-3-15-37(16-4-1)55-49-33-46(41-21-9-11-23-43(41)53(49)45-25-13-14-26-51(45)57-55)35-27-29-36(30-28-35)47-34-50-54(44-24-12-10-22-42(44)47)48-31-39-19-7-8-20-40(39)32-52(48)58-56(50)38-17-5-2-6-18-38/h1-34H. The van der Waals surface area contributed by atoms with E-state index in [0.717, 1.165) is 44.3 Å². The molecule has 0 amide bonds. The molecule has 12 aromatic rings. The van der Waals surface area contributed by atoms with Crippen molar-refractivity contribution >= 4 is 75.7 Å². The van der Waals surface area contributed by atoms with Gasteiger partial charge in [0.2, 0.25) is 0 Å². The van der Waals surface area contributed by atoms with Gasteiger partial charge in [0.15, 0.2) is 0 Å². The average molecular weight is 735 g/mol. The summed E-state index contributed by atoms with van der Waals surface area (Å²) in [5.74, 6) is 0. The van der Waals surface area contributed by atoms with E-state index in [1.807, 2.05) is 0 Å². The summed E-state index contributed by atoms with van der Waals surface area (Å²) in [6.45, 7) is 0. The highest BCUT2D eigenvalue weighted by molar-refractivity contribution is 6.27. The molecule has 12 rings (SSSR count). The number of nitrogens with zero attached hydrogens (tertiary/aromatic N) is 2. The van der Waals surface area contributed by atoms with Crippen LogP contribution in [0.25, 0.3) is 120 Å². The van der Waals surface area contributed by atoms with Crippen LogP contribution in [-0.4, -0.2) is 9.97 Å². The molecule has 2 heterocycles. The lowest BCUT2D eigenvalue weighted by Gasteiger charge is -2.17. The molecule has 0 aliphatic heterocycles. The maximum atomic E-state index is 5.42. The minimum absolute atomic E-state index is 1.000. The Hall–Kier alpha value is -7.68. The number of fused-ring (bicyclic) bond motifs is 11. The Morgan fingerprint density at radius 3 is 1.21 bits per heavy atom. The van der Waals surface area contributed by atoms with Gasteiger partial charge in [0.1, 0.15) is 0 Å². The van der Waals surface area contributed by atoms with Crippen molar-refractivity contribution in [1.82, 2.24) is 9.97 Å². The first-order valence-corrected chi connectivity index (χ1v) is 19.9. The summed E-state index contributed by atoms with van der Waals surface area (Å²) >= 11 is 0. The summed E-state index contributed by atoms with van der Waals surface area (Å²) in [5, 5.41) is 14.5. The third kappa shape index (κ3) is 5.05. The molecule has 0 unspecified atom stereocenters. The van der Waals surface area contributed by atoms with Crippen molar-refractivity contribution in [3.8, 4) is 44.8 Å². The highest BCUT2D eigenvalue weighted by Gasteiger charge is 2.19. The van der Waals surface area contributed by atoms with E-state index >= 15 is 0 Å². The second kappa shape index (κ2) is 12.9. The van der Waals surface area contributed by atoms with E-state index < -0.39 is 0 Å². The molecule has 0 atom stereocenters. The first-order valence-electron chi connectivity index (χ1n) is 19.9. The third-order valence-electron chi connectivity index (χ3n) is 12.0. The number of para-hydroxylation sites is 1. The van der Waals surface area contributed by atoms with Crippen molar-refractivity contribution in [3.63, 3.8) is 0 Å². The van der Waals surface area contributed by atoms with E-state index in [9.17, 15) is 0 Å². The van der Waals surface area contributed by atoms with Crippen LogP contribution in [0.15, 0.2) is 206 Å². The van der Waals surface area contributed by atoms with Crippen LogP contribution < -0.4 is 0 Å². The maximum absolute atomic E-state index is 5.42. The fourth-order valence-electron chi connectivity index (χ4n) is 9.31. The molecule has 0 saturated carbocycles. The predicted molar refractivity (Wildman–Crippen MR) is 246 cm³/mol. The molecule has 0 spiro atoms. The largest absolute Gasteiger partial charge is 0.247 e. The Bertz CT molecular complexity index is 3590. The first kappa shape index (κ1) is 32.6. The monoisotopic (exact) mass is 734 g/mol.